The first-order valence-electron chi connectivity index (χ1n) is 3.83. The Labute approximate surface area is 78.3 Å². The summed E-state index contributed by atoms with van der Waals surface area (Å²) in [6, 6.07) is 0. The molecule has 0 aromatic carbocycles. The number of aryl methyl sites for hydroxylation is 1. The lowest BCUT2D eigenvalue weighted by molar-refractivity contribution is -0.394. The molecule has 0 N–H and O–H groups in total. The van der Waals surface area contributed by atoms with Gasteiger partial charge in [0.25, 0.3) is 0 Å². The second-order valence-electron chi connectivity index (χ2n) is 2.54. The molecule has 0 unspecified atom stereocenters. The number of nitro groups is 1. The van der Waals surface area contributed by atoms with Gasteiger partial charge >= 0.3 is 5.95 Å². The fraction of sp³-hybridized carbons (Fsp3) is 0.500. The van der Waals surface area contributed by atoms with Crippen LogP contribution in [0.3, 0.4) is 0 Å². The van der Waals surface area contributed by atoms with Crippen molar-refractivity contribution < 1.29 is 14.8 Å². The number of hydrogen-bond donors (Lipinski definition) is 0. The molecule has 14 heavy (non-hydrogen) atoms. The highest BCUT2D eigenvalue weighted by molar-refractivity contribution is 5.63. The number of carboxylic acid groups (broad SMARTS) is 1. The van der Waals surface area contributed by atoms with Crippen LogP contribution in [0.5, 0.6) is 0 Å². The highest BCUT2D eigenvalue weighted by Crippen LogP contribution is 2.00. The van der Waals surface area contributed by atoms with Crippen LogP contribution in [0.25, 0.3) is 0 Å². The fourth-order valence-electron chi connectivity index (χ4n) is 0.862. The third kappa shape index (κ3) is 2.81. The van der Waals surface area contributed by atoms with Crippen LogP contribution in [0.4, 0.5) is 5.95 Å². The van der Waals surface area contributed by atoms with E-state index in [0.29, 0.717) is 6.42 Å². The molecule has 0 radical (unpaired) electrons. The van der Waals surface area contributed by atoms with Crippen molar-refractivity contribution in [3.8, 4) is 0 Å². The number of nitrogens with zero attached hydrogens (tertiary/aromatic N) is 4. The van der Waals surface area contributed by atoms with Crippen molar-refractivity contribution in [1.82, 2.24) is 14.8 Å². The van der Waals surface area contributed by atoms with Crippen LogP contribution in [0.2, 0.25) is 0 Å². The molecule has 1 rings (SSSR count). The highest BCUT2D eigenvalue weighted by atomic mass is 16.6. The van der Waals surface area contributed by atoms with E-state index < -0.39 is 16.8 Å². The summed E-state index contributed by atoms with van der Waals surface area (Å²) in [5, 5.41) is 23.7. The molecule has 0 aliphatic rings. The molecule has 0 spiro atoms. The van der Waals surface area contributed by atoms with E-state index in [1.54, 1.807) is 0 Å². The molecule has 0 aliphatic heterocycles. The van der Waals surface area contributed by atoms with Gasteiger partial charge in [0.1, 0.15) is 0 Å². The van der Waals surface area contributed by atoms with E-state index >= 15 is 0 Å². The van der Waals surface area contributed by atoms with Crippen molar-refractivity contribution in [2.45, 2.75) is 19.4 Å². The van der Waals surface area contributed by atoms with E-state index in [-0.39, 0.29) is 13.0 Å². The van der Waals surface area contributed by atoms with Crippen LogP contribution in [-0.2, 0) is 11.3 Å². The second-order valence-corrected chi connectivity index (χ2v) is 2.54. The second kappa shape index (κ2) is 4.30. The zero-order valence-electron chi connectivity index (χ0n) is 7.12. The maximum atomic E-state index is 10.2. The Morgan fingerprint density at radius 1 is 1.64 bits per heavy atom. The first kappa shape index (κ1) is 10.1. The topological polar surface area (TPSA) is 114 Å². The predicted octanol–water partition coefficient (Wildman–Crippen LogP) is -1.28. The van der Waals surface area contributed by atoms with E-state index in [1.165, 1.54) is 11.0 Å². The number of aliphatic carboxylic acids is 1. The largest absolute Gasteiger partial charge is 0.550 e. The first-order valence-corrected chi connectivity index (χ1v) is 3.83. The van der Waals surface area contributed by atoms with Gasteiger partial charge in [0.15, 0.2) is 0 Å². The molecule has 0 bridgehead atoms. The Kier molecular flexibility index (Phi) is 3.10. The summed E-state index contributed by atoms with van der Waals surface area (Å²) in [4.78, 5) is 22.9. The molecule has 0 saturated carbocycles. The van der Waals surface area contributed by atoms with Gasteiger partial charge < -0.3 is 20.0 Å². The maximum absolute atomic E-state index is 10.2. The van der Waals surface area contributed by atoms with E-state index in [0.717, 1.165) is 0 Å². The van der Waals surface area contributed by atoms with Crippen molar-refractivity contribution >= 4 is 11.9 Å². The molecule has 1 aromatic heterocycles. The van der Waals surface area contributed by atoms with Crippen LogP contribution in [0, 0.1) is 10.1 Å². The molecule has 0 aliphatic carbocycles. The number of hydrogen-bond acceptors (Lipinski definition) is 6. The Morgan fingerprint density at radius 2 is 2.36 bits per heavy atom. The lowest BCUT2D eigenvalue weighted by Crippen LogP contribution is -2.22. The van der Waals surface area contributed by atoms with Gasteiger partial charge in [-0.15, -0.1) is 0 Å². The Morgan fingerprint density at radius 3 is 2.86 bits per heavy atom. The van der Waals surface area contributed by atoms with Gasteiger partial charge in [0.2, 0.25) is 6.33 Å². The summed E-state index contributed by atoms with van der Waals surface area (Å²) in [5.41, 5.74) is 0. The average Bonchev–Trinajstić information content (AvgIpc) is 2.52. The summed E-state index contributed by atoms with van der Waals surface area (Å²) >= 11 is 0. The zero-order valence-corrected chi connectivity index (χ0v) is 7.12. The van der Waals surface area contributed by atoms with E-state index in [4.69, 9.17) is 0 Å². The Bertz CT molecular complexity index is 347. The summed E-state index contributed by atoms with van der Waals surface area (Å²) < 4.78 is 1.22. The molecule has 0 saturated heterocycles. The minimum atomic E-state index is -1.15. The Hall–Kier alpha value is -1.99. The standard InChI is InChI=1S/C6H8N4O4/c11-5(12)2-1-3-9-4-7-6(8-9)10(13)14/h4H,1-3H2,(H,11,12)/p-1. The van der Waals surface area contributed by atoms with Gasteiger partial charge in [-0.2, -0.15) is 4.68 Å². The molecule has 0 amide bonds. The third-order valence-corrected chi connectivity index (χ3v) is 1.46. The fourth-order valence-corrected chi connectivity index (χ4v) is 0.862. The molecule has 8 nitrogen and oxygen atoms in total. The molecule has 76 valence electrons. The number of aromatic nitrogens is 3. The van der Waals surface area contributed by atoms with Gasteiger partial charge in [-0.25, -0.2) is 0 Å². The van der Waals surface area contributed by atoms with Crippen molar-refractivity contribution in [2.75, 3.05) is 0 Å². The lowest BCUT2D eigenvalue weighted by Gasteiger charge is -1.98. The molecule has 0 fully saturated rings. The summed E-state index contributed by atoms with van der Waals surface area (Å²) in [6.07, 6.45) is 1.39. The van der Waals surface area contributed by atoms with Crippen LogP contribution in [-0.4, -0.2) is 25.7 Å². The molecule has 8 heteroatoms. The molecule has 0 atom stereocenters. The summed E-state index contributed by atoms with van der Waals surface area (Å²) in [7, 11) is 0. The quantitative estimate of drug-likeness (QED) is 0.430. The van der Waals surface area contributed by atoms with Crippen LogP contribution in [0.1, 0.15) is 12.8 Å². The van der Waals surface area contributed by atoms with E-state index in [1.807, 2.05) is 0 Å². The highest BCUT2D eigenvalue weighted by Gasteiger charge is 2.12. The van der Waals surface area contributed by atoms with Crippen molar-refractivity contribution in [3.05, 3.63) is 16.4 Å². The van der Waals surface area contributed by atoms with Gasteiger partial charge in [-0.05, 0) is 17.8 Å². The SMILES string of the molecule is O=C([O-])CCCn1cnc([N+](=O)[O-])n1. The van der Waals surface area contributed by atoms with Crippen molar-refractivity contribution in [3.63, 3.8) is 0 Å². The minimum absolute atomic E-state index is 0.104. The van der Waals surface area contributed by atoms with Crippen LogP contribution >= 0.6 is 0 Å². The summed E-state index contributed by atoms with van der Waals surface area (Å²) in [6.45, 7) is 0.273. The smallest absolute Gasteiger partial charge is 0.490 e. The summed E-state index contributed by atoms with van der Waals surface area (Å²) in [5.74, 6) is -1.64. The van der Waals surface area contributed by atoms with Crippen molar-refractivity contribution in [2.24, 2.45) is 0 Å². The molecular formula is C6H7N4O4-. The minimum Gasteiger partial charge on any atom is -0.550 e. The van der Waals surface area contributed by atoms with Gasteiger partial charge in [0, 0.05) is 11.1 Å². The van der Waals surface area contributed by atoms with Crippen LogP contribution in [0.15, 0.2) is 6.33 Å². The van der Waals surface area contributed by atoms with Gasteiger partial charge in [-0.1, -0.05) is 4.98 Å². The van der Waals surface area contributed by atoms with Gasteiger partial charge in [-0.3, -0.25) is 0 Å². The monoisotopic (exact) mass is 199 g/mol. The average molecular weight is 199 g/mol. The number of carboxylic acids is 1. The molecular weight excluding hydrogens is 192 g/mol. The molecule has 1 heterocycles. The van der Waals surface area contributed by atoms with Crippen molar-refractivity contribution in [1.29, 1.82) is 0 Å². The molecule has 1 aromatic rings. The zero-order chi connectivity index (χ0) is 10.6. The lowest BCUT2D eigenvalue weighted by atomic mass is 10.3. The Balaban J connectivity index is 2.44. The number of carbonyl (C=O) groups is 1. The normalized spacial score (nSPS) is 10.0. The van der Waals surface area contributed by atoms with E-state index in [2.05, 4.69) is 10.1 Å². The maximum Gasteiger partial charge on any atom is 0.490 e. The number of carbonyl (C=O) groups excluding carboxylic acids is 1. The predicted molar refractivity (Wildman–Crippen MR) is 40.9 cm³/mol. The van der Waals surface area contributed by atoms with Gasteiger partial charge in [0.05, 0.1) is 6.54 Å². The third-order valence-electron chi connectivity index (χ3n) is 1.46. The number of rotatable bonds is 5. The van der Waals surface area contributed by atoms with E-state index in [9.17, 15) is 20.0 Å². The first-order chi connectivity index (χ1) is 6.59. The van der Waals surface area contributed by atoms with Crippen LogP contribution < -0.4 is 5.11 Å².